The van der Waals surface area contributed by atoms with Crippen LogP contribution in [-0.2, 0) is 16.1 Å². The minimum absolute atomic E-state index is 0.0443. The molecule has 0 unspecified atom stereocenters. The van der Waals surface area contributed by atoms with Gasteiger partial charge in [0.15, 0.2) is 4.34 Å². The lowest BCUT2D eigenvalue weighted by Crippen LogP contribution is -2.27. The highest BCUT2D eigenvalue weighted by Crippen LogP contribution is 2.33. The van der Waals surface area contributed by atoms with Gasteiger partial charge in [-0.05, 0) is 43.7 Å². The van der Waals surface area contributed by atoms with Crippen LogP contribution in [0.3, 0.4) is 0 Å². The second-order valence-corrected chi connectivity index (χ2v) is 9.57. The van der Waals surface area contributed by atoms with Gasteiger partial charge in [0.1, 0.15) is 5.76 Å². The van der Waals surface area contributed by atoms with Crippen molar-refractivity contribution in [3.05, 3.63) is 24.2 Å². The van der Waals surface area contributed by atoms with Crippen LogP contribution in [0.5, 0.6) is 0 Å². The van der Waals surface area contributed by atoms with Crippen LogP contribution in [0.2, 0.25) is 0 Å². The summed E-state index contributed by atoms with van der Waals surface area (Å²) in [4.78, 5) is 24.4. The molecule has 0 aliphatic heterocycles. The third kappa shape index (κ3) is 7.15. The van der Waals surface area contributed by atoms with Crippen molar-refractivity contribution >= 4 is 40.0 Å². The number of aromatic nitrogens is 2. The molecule has 1 aliphatic rings. The second-order valence-electron chi connectivity index (χ2n) is 7.37. The fourth-order valence-corrected chi connectivity index (χ4v) is 5.09. The molecule has 3 rings (SSSR count). The molecule has 7 nitrogen and oxygen atoms in total. The molecule has 2 heterocycles. The largest absolute Gasteiger partial charge is 0.467 e. The zero-order chi connectivity index (χ0) is 20.5. The summed E-state index contributed by atoms with van der Waals surface area (Å²) in [6.45, 7) is 2.59. The lowest BCUT2D eigenvalue weighted by Gasteiger charge is -2.27. The van der Waals surface area contributed by atoms with Crippen molar-refractivity contribution in [3.63, 3.8) is 0 Å². The Hall–Kier alpha value is -1.87. The topological polar surface area (TPSA) is 97.1 Å². The Morgan fingerprint density at radius 3 is 2.83 bits per heavy atom. The van der Waals surface area contributed by atoms with Gasteiger partial charge >= 0.3 is 0 Å². The molecule has 0 radical (unpaired) electrons. The lowest BCUT2D eigenvalue weighted by molar-refractivity contribution is -0.121. The number of thioether (sulfide) groups is 1. The van der Waals surface area contributed by atoms with Crippen LogP contribution in [0.4, 0.5) is 5.13 Å². The van der Waals surface area contributed by atoms with Crippen LogP contribution in [0.1, 0.15) is 57.6 Å². The predicted octanol–water partition coefficient (Wildman–Crippen LogP) is 4.47. The summed E-state index contributed by atoms with van der Waals surface area (Å²) in [7, 11) is 0. The molecular weight excluding hydrogens is 408 g/mol. The van der Waals surface area contributed by atoms with Crippen LogP contribution in [0.15, 0.2) is 27.2 Å². The zero-order valence-electron chi connectivity index (χ0n) is 16.7. The van der Waals surface area contributed by atoms with Crippen molar-refractivity contribution < 1.29 is 14.0 Å². The summed E-state index contributed by atoms with van der Waals surface area (Å²) in [6, 6.07) is 3.59. The number of carbonyl (C=O) groups is 2. The second kappa shape index (κ2) is 11.3. The molecule has 0 spiro atoms. The number of nitrogens with zero attached hydrogens (tertiary/aromatic N) is 2. The van der Waals surface area contributed by atoms with Crippen molar-refractivity contribution in [1.29, 1.82) is 0 Å². The molecule has 158 valence electrons. The fourth-order valence-electron chi connectivity index (χ4n) is 3.51. The Kier molecular flexibility index (Phi) is 8.54. The van der Waals surface area contributed by atoms with Gasteiger partial charge in [0.25, 0.3) is 0 Å². The Balaban J connectivity index is 1.36. The van der Waals surface area contributed by atoms with E-state index in [0.717, 1.165) is 31.6 Å². The van der Waals surface area contributed by atoms with Gasteiger partial charge in [-0.25, -0.2) is 0 Å². The summed E-state index contributed by atoms with van der Waals surface area (Å²) in [6.07, 6.45) is 9.58. The van der Waals surface area contributed by atoms with E-state index in [-0.39, 0.29) is 23.5 Å². The van der Waals surface area contributed by atoms with Crippen molar-refractivity contribution in [2.24, 2.45) is 11.8 Å². The standard InChI is InChI=1S/C20H28N4O3S2/c1-2-3-5-14-7-9-15(10-8-14)18(26)22-19-23-24-20(29-19)28-13-17(25)21-12-16-6-4-11-27-16/h4,6,11,14-15H,2-3,5,7-10,12-13H2,1H3,(H,21,25)(H,22,23,26). The van der Waals surface area contributed by atoms with Gasteiger partial charge in [-0.15, -0.1) is 10.2 Å². The van der Waals surface area contributed by atoms with Gasteiger partial charge < -0.3 is 15.1 Å². The number of furan rings is 1. The fraction of sp³-hybridized carbons (Fsp3) is 0.600. The highest BCUT2D eigenvalue weighted by Gasteiger charge is 2.26. The summed E-state index contributed by atoms with van der Waals surface area (Å²) in [5.74, 6) is 1.74. The summed E-state index contributed by atoms with van der Waals surface area (Å²) in [5, 5.41) is 14.3. The van der Waals surface area contributed by atoms with E-state index in [1.165, 1.54) is 42.4 Å². The van der Waals surface area contributed by atoms with Gasteiger partial charge in [-0.3, -0.25) is 9.59 Å². The average molecular weight is 437 g/mol. The molecular formula is C20H28N4O3S2. The van der Waals surface area contributed by atoms with Crippen LogP contribution < -0.4 is 10.6 Å². The van der Waals surface area contributed by atoms with E-state index in [2.05, 4.69) is 27.8 Å². The van der Waals surface area contributed by atoms with Gasteiger partial charge in [-0.1, -0.05) is 49.3 Å². The van der Waals surface area contributed by atoms with Crippen LogP contribution >= 0.6 is 23.1 Å². The van der Waals surface area contributed by atoms with E-state index in [0.29, 0.717) is 21.8 Å². The number of hydrogen-bond donors (Lipinski definition) is 2. The molecule has 1 fully saturated rings. The maximum absolute atomic E-state index is 12.5. The van der Waals surface area contributed by atoms with Crippen molar-refractivity contribution in [2.75, 3.05) is 11.1 Å². The molecule has 0 aromatic carbocycles. The Bertz CT molecular complexity index is 771. The number of unbranched alkanes of at least 4 members (excludes halogenated alkanes) is 1. The van der Waals surface area contributed by atoms with Gasteiger partial charge in [0.2, 0.25) is 16.9 Å². The molecule has 2 amide bonds. The third-order valence-corrected chi connectivity index (χ3v) is 7.16. The molecule has 29 heavy (non-hydrogen) atoms. The average Bonchev–Trinajstić information content (AvgIpc) is 3.41. The zero-order valence-corrected chi connectivity index (χ0v) is 18.3. The van der Waals surface area contributed by atoms with Crippen LogP contribution in [0, 0.1) is 11.8 Å². The van der Waals surface area contributed by atoms with Crippen molar-refractivity contribution in [3.8, 4) is 0 Å². The summed E-state index contributed by atoms with van der Waals surface area (Å²) < 4.78 is 5.84. The molecule has 1 saturated carbocycles. The first-order valence-corrected chi connectivity index (χ1v) is 12.0. The van der Waals surface area contributed by atoms with E-state index in [1.54, 1.807) is 12.3 Å². The minimum Gasteiger partial charge on any atom is -0.467 e. The Morgan fingerprint density at radius 2 is 2.10 bits per heavy atom. The number of nitrogens with one attached hydrogen (secondary N) is 2. The van der Waals surface area contributed by atoms with E-state index in [4.69, 9.17) is 4.42 Å². The highest BCUT2D eigenvalue weighted by molar-refractivity contribution is 8.01. The van der Waals surface area contributed by atoms with Gasteiger partial charge in [0.05, 0.1) is 18.6 Å². The van der Waals surface area contributed by atoms with E-state index in [1.807, 2.05) is 6.07 Å². The maximum atomic E-state index is 12.5. The molecule has 2 aromatic heterocycles. The van der Waals surface area contributed by atoms with Crippen LogP contribution in [-0.4, -0.2) is 27.8 Å². The van der Waals surface area contributed by atoms with E-state index >= 15 is 0 Å². The molecule has 9 heteroatoms. The molecule has 1 aliphatic carbocycles. The molecule has 0 atom stereocenters. The Labute approximate surface area is 179 Å². The van der Waals surface area contributed by atoms with Crippen molar-refractivity contribution in [1.82, 2.24) is 15.5 Å². The quantitative estimate of drug-likeness (QED) is 0.421. The predicted molar refractivity (Wildman–Crippen MR) is 115 cm³/mol. The number of rotatable bonds is 10. The van der Waals surface area contributed by atoms with Gasteiger partial charge in [0, 0.05) is 5.92 Å². The smallest absolute Gasteiger partial charge is 0.230 e. The number of anilines is 1. The first kappa shape index (κ1) is 21.8. The molecule has 0 bridgehead atoms. The summed E-state index contributed by atoms with van der Waals surface area (Å²) in [5.41, 5.74) is 0. The maximum Gasteiger partial charge on any atom is 0.230 e. The first-order chi connectivity index (χ1) is 14.1. The van der Waals surface area contributed by atoms with Crippen LogP contribution in [0.25, 0.3) is 0 Å². The normalized spacial score (nSPS) is 19.1. The SMILES string of the molecule is CCCCC1CCC(C(=O)Nc2nnc(SCC(=O)NCc3ccco3)s2)CC1. The molecule has 2 aromatic rings. The van der Waals surface area contributed by atoms with E-state index in [9.17, 15) is 9.59 Å². The monoisotopic (exact) mass is 436 g/mol. The van der Waals surface area contributed by atoms with Gasteiger partial charge in [-0.2, -0.15) is 0 Å². The minimum atomic E-state index is -0.105. The number of carbonyl (C=O) groups excluding carboxylic acids is 2. The highest BCUT2D eigenvalue weighted by atomic mass is 32.2. The Morgan fingerprint density at radius 1 is 1.28 bits per heavy atom. The molecule has 2 N–H and O–H groups in total. The molecule has 0 saturated heterocycles. The van der Waals surface area contributed by atoms with Crippen molar-refractivity contribution in [2.45, 2.75) is 62.8 Å². The first-order valence-electron chi connectivity index (χ1n) is 10.2. The third-order valence-electron chi connectivity index (χ3n) is 5.19. The number of hydrogen-bond acceptors (Lipinski definition) is 7. The summed E-state index contributed by atoms with van der Waals surface area (Å²) >= 11 is 2.61. The van der Waals surface area contributed by atoms with E-state index < -0.39 is 0 Å². The lowest BCUT2D eigenvalue weighted by atomic mass is 9.79. The number of amides is 2.